The number of nitrogens with one attached hydrogen (secondary N) is 1. The number of hydrogen-bond acceptors (Lipinski definition) is 3. The monoisotopic (exact) mass is 329 g/mol. The van der Waals surface area contributed by atoms with Gasteiger partial charge in [0, 0.05) is 17.5 Å². The Morgan fingerprint density at radius 2 is 2.08 bits per heavy atom. The van der Waals surface area contributed by atoms with Crippen molar-refractivity contribution in [3.05, 3.63) is 65.5 Å². The zero-order chi connectivity index (χ0) is 17.1. The molecule has 1 amide bonds. The van der Waals surface area contributed by atoms with Crippen molar-refractivity contribution in [3.63, 3.8) is 0 Å². The Morgan fingerprint density at radius 1 is 1.33 bits per heavy atom. The summed E-state index contributed by atoms with van der Waals surface area (Å²) in [6.45, 7) is -0.363. The van der Waals surface area contributed by atoms with Gasteiger partial charge in [-0.3, -0.25) is 4.79 Å². The van der Waals surface area contributed by atoms with E-state index in [-0.39, 0.29) is 29.9 Å². The molecule has 4 nitrogen and oxygen atoms in total. The van der Waals surface area contributed by atoms with E-state index in [1.807, 2.05) is 30.3 Å². The maximum Gasteiger partial charge on any atom is 0.224 e. The van der Waals surface area contributed by atoms with Crippen LogP contribution >= 0.6 is 0 Å². The smallest absolute Gasteiger partial charge is 0.224 e. The van der Waals surface area contributed by atoms with Gasteiger partial charge >= 0.3 is 0 Å². The van der Waals surface area contributed by atoms with Crippen LogP contribution in [0.3, 0.4) is 0 Å². The molecule has 0 aliphatic heterocycles. The average Bonchev–Trinajstić information content (AvgIpc) is 3.41. The van der Waals surface area contributed by atoms with E-state index in [9.17, 15) is 14.3 Å². The lowest BCUT2D eigenvalue weighted by Gasteiger charge is -2.18. The second-order valence-corrected chi connectivity index (χ2v) is 5.99. The van der Waals surface area contributed by atoms with Gasteiger partial charge in [0.15, 0.2) is 0 Å². The van der Waals surface area contributed by atoms with Gasteiger partial charge in [-0.05, 0) is 24.0 Å². The molecule has 1 aliphatic carbocycles. The number of aliphatic hydroxyl groups is 1. The molecule has 0 bridgehead atoms. The van der Waals surface area contributed by atoms with Crippen LogP contribution in [-0.4, -0.2) is 24.7 Å². The molecule has 0 saturated heterocycles. The molecule has 24 heavy (non-hydrogen) atoms. The molecule has 0 aromatic heterocycles. The van der Waals surface area contributed by atoms with E-state index in [1.54, 1.807) is 6.07 Å². The van der Waals surface area contributed by atoms with E-state index >= 15 is 0 Å². The Labute approximate surface area is 140 Å². The van der Waals surface area contributed by atoms with Crippen molar-refractivity contribution in [2.45, 2.75) is 18.4 Å². The summed E-state index contributed by atoms with van der Waals surface area (Å²) in [6, 6.07) is 13.5. The van der Waals surface area contributed by atoms with Gasteiger partial charge in [0.25, 0.3) is 0 Å². The van der Waals surface area contributed by atoms with E-state index in [4.69, 9.17) is 4.74 Å². The molecule has 1 saturated carbocycles. The number of aliphatic hydroxyl groups excluding tert-OH is 1. The number of halogens is 1. The van der Waals surface area contributed by atoms with Crippen LogP contribution in [0.25, 0.3) is 0 Å². The highest BCUT2D eigenvalue weighted by atomic mass is 19.1. The summed E-state index contributed by atoms with van der Waals surface area (Å²) in [7, 11) is 1.45. The van der Waals surface area contributed by atoms with E-state index in [2.05, 4.69) is 5.32 Å². The lowest BCUT2D eigenvalue weighted by molar-refractivity contribution is -0.123. The molecule has 0 heterocycles. The van der Waals surface area contributed by atoms with Crippen molar-refractivity contribution < 1.29 is 19.0 Å². The predicted molar refractivity (Wildman–Crippen MR) is 88.2 cm³/mol. The maximum atomic E-state index is 14.1. The molecular formula is C19H20FNO3. The van der Waals surface area contributed by atoms with Crippen LogP contribution in [0.5, 0.6) is 5.75 Å². The molecule has 5 heteroatoms. The number of ether oxygens (including phenoxy) is 1. The highest BCUT2D eigenvalue weighted by Crippen LogP contribution is 2.47. The molecule has 3 unspecified atom stereocenters. The lowest BCUT2D eigenvalue weighted by Crippen LogP contribution is -2.32. The molecule has 2 N–H and O–H groups in total. The fourth-order valence-corrected chi connectivity index (χ4v) is 2.97. The van der Waals surface area contributed by atoms with E-state index < -0.39 is 11.9 Å². The van der Waals surface area contributed by atoms with Crippen LogP contribution < -0.4 is 10.1 Å². The largest absolute Gasteiger partial charge is 0.497 e. The zero-order valence-corrected chi connectivity index (χ0v) is 13.4. The van der Waals surface area contributed by atoms with Gasteiger partial charge in [0.2, 0.25) is 5.91 Å². The van der Waals surface area contributed by atoms with Crippen LogP contribution in [0.4, 0.5) is 4.39 Å². The van der Waals surface area contributed by atoms with Crippen molar-refractivity contribution in [1.29, 1.82) is 0 Å². The highest BCUT2D eigenvalue weighted by Gasteiger charge is 2.44. The third-order valence-electron chi connectivity index (χ3n) is 4.44. The molecule has 0 radical (unpaired) electrons. The van der Waals surface area contributed by atoms with Crippen molar-refractivity contribution in [2.75, 3.05) is 13.7 Å². The fraction of sp³-hybridized carbons (Fsp3) is 0.316. The van der Waals surface area contributed by atoms with Crippen LogP contribution in [0.1, 0.15) is 29.5 Å². The normalized spacial score (nSPS) is 20.3. The first-order valence-corrected chi connectivity index (χ1v) is 7.93. The first-order chi connectivity index (χ1) is 11.6. The Hall–Kier alpha value is -2.40. The lowest BCUT2D eigenvalue weighted by atomic mass is 10.1. The molecule has 1 fully saturated rings. The van der Waals surface area contributed by atoms with Crippen molar-refractivity contribution in [3.8, 4) is 5.75 Å². The van der Waals surface area contributed by atoms with E-state index in [0.29, 0.717) is 5.75 Å². The first-order valence-electron chi connectivity index (χ1n) is 7.93. The first kappa shape index (κ1) is 16.5. The van der Waals surface area contributed by atoms with Gasteiger partial charge < -0.3 is 15.2 Å². The standard InChI is InChI=1S/C19H20FNO3/c1-24-13-7-8-14(17(20)9-13)18(11-22)21-19(23)16-10-15(16)12-5-3-2-4-6-12/h2-9,15-16,18,22H,10-11H2,1H3,(H,21,23). The van der Waals surface area contributed by atoms with Gasteiger partial charge in [-0.15, -0.1) is 0 Å². The number of carbonyl (C=O) groups is 1. The Morgan fingerprint density at radius 3 is 2.71 bits per heavy atom. The van der Waals surface area contributed by atoms with E-state index in [1.165, 1.54) is 19.2 Å². The van der Waals surface area contributed by atoms with Gasteiger partial charge in [-0.2, -0.15) is 0 Å². The summed E-state index contributed by atoms with van der Waals surface area (Å²) in [5, 5.41) is 12.3. The Balaban J connectivity index is 1.67. The minimum atomic E-state index is -0.763. The van der Waals surface area contributed by atoms with Gasteiger partial charge in [-0.25, -0.2) is 4.39 Å². The summed E-state index contributed by atoms with van der Waals surface area (Å²) in [4.78, 5) is 12.4. The molecule has 3 atom stereocenters. The molecular weight excluding hydrogens is 309 g/mol. The average molecular weight is 329 g/mol. The number of rotatable bonds is 6. The molecule has 126 valence electrons. The second-order valence-electron chi connectivity index (χ2n) is 5.99. The zero-order valence-electron chi connectivity index (χ0n) is 13.4. The van der Waals surface area contributed by atoms with Crippen LogP contribution in [-0.2, 0) is 4.79 Å². The van der Waals surface area contributed by atoms with Gasteiger partial charge in [0.1, 0.15) is 11.6 Å². The maximum absolute atomic E-state index is 14.1. The summed E-state index contributed by atoms with van der Waals surface area (Å²) in [6.07, 6.45) is 0.777. The highest BCUT2D eigenvalue weighted by molar-refractivity contribution is 5.83. The SMILES string of the molecule is COc1ccc(C(CO)NC(=O)C2CC2c2ccccc2)c(F)c1. The number of methoxy groups -OCH3 is 1. The number of hydrogen-bond donors (Lipinski definition) is 2. The van der Waals surface area contributed by atoms with Crippen LogP contribution in [0, 0.1) is 11.7 Å². The minimum Gasteiger partial charge on any atom is -0.497 e. The van der Waals surface area contributed by atoms with Crippen molar-refractivity contribution in [1.82, 2.24) is 5.32 Å². The van der Waals surface area contributed by atoms with Gasteiger partial charge in [-0.1, -0.05) is 36.4 Å². The number of amides is 1. The summed E-state index contributed by atoms with van der Waals surface area (Å²) in [5.74, 6) is -0.193. The Kier molecular flexibility index (Phi) is 4.81. The predicted octanol–water partition coefficient (Wildman–Crippen LogP) is 2.79. The topological polar surface area (TPSA) is 58.6 Å². The summed E-state index contributed by atoms with van der Waals surface area (Å²) in [5.41, 5.74) is 1.39. The molecule has 2 aromatic carbocycles. The number of carbonyl (C=O) groups excluding carboxylic acids is 1. The van der Waals surface area contributed by atoms with Crippen molar-refractivity contribution >= 4 is 5.91 Å². The quantitative estimate of drug-likeness (QED) is 0.857. The fourth-order valence-electron chi connectivity index (χ4n) is 2.97. The second kappa shape index (κ2) is 7.01. The van der Waals surface area contributed by atoms with Crippen LogP contribution in [0.2, 0.25) is 0 Å². The third kappa shape index (κ3) is 3.41. The molecule has 2 aromatic rings. The summed E-state index contributed by atoms with van der Waals surface area (Å²) < 4.78 is 19.1. The minimum absolute atomic E-state index is 0.122. The number of benzene rings is 2. The summed E-state index contributed by atoms with van der Waals surface area (Å²) >= 11 is 0. The Bertz CT molecular complexity index is 720. The van der Waals surface area contributed by atoms with E-state index in [0.717, 1.165) is 12.0 Å². The van der Waals surface area contributed by atoms with Crippen molar-refractivity contribution in [2.24, 2.45) is 5.92 Å². The molecule has 1 aliphatic rings. The molecule has 0 spiro atoms. The third-order valence-corrected chi connectivity index (χ3v) is 4.44. The van der Waals surface area contributed by atoms with Gasteiger partial charge in [0.05, 0.1) is 19.8 Å². The van der Waals surface area contributed by atoms with Crippen LogP contribution in [0.15, 0.2) is 48.5 Å². The molecule has 3 rings (SSSR count).